The minimum atomic E-state index is -0.152. The Balaban J connectivity index is 1.90. The summed E-state index contributed by atoms with van der Waals surface area (Å²) in [6.07, 6.45) is 6.57. The SMILES string of the molecule is CCN(C(=O)CN1CCOC(CO)C1)C1=CCCCC1. The van der Waals surface area contributed by atoms with Crippen molar-refractivity contribution in [1.82, 2.24) is 9.80 Å². The molecule has 0 aromatic rings. The molecule has 5 nitrogen and oxygen atoms in total. The lowest BCUT2D eigenvalue weighted by molar-refractivity contribution is -0.133. The summed E-state index contributed by atoms with van der Waals surface area (Å²) >= 11 is 0. The fourth-order valence-corrected chi connectivity index (χ4v) is 2.92. The Morgan fingerprint density at radius 1 is 1.55 bits per heavy atom. The van der Waals surface area contributed by atoms with E-state index in [2.05, 4.69) is 11.0 Å². The fraction of sp³-hybridized carbons (Fsp3) is 0.800. The van der Waals surface area contributed by atoms with Crippen molar-refractivity contribution < 1.29 is 14.6 Å². The maximum Gasteiger partial charge on any atom is 0.240 e. The van der Waals surface area contributed by atoms with Gasteiger partial charge in [-0.1, -0.05) is 6.08 Å². The lowest BCUT2D eigenvalue weighted by Crippen LogP contribution is -2.48. The van der Waals surface area contributed by atoms with Crippen molar-refractivity contribution in [2.45, 2.75) is 38.7 Å². The molecule has 0 spiro atoms. The van der Waals surface area contributed by atoms with E-state index in [1.165, 1.54) is 18.5 Å². The van der Waals surface area contributed by atoms with E-state index in [-0.39, 0.29) is 18.6 Å². The standard InChI is InChI=1S/C15H26N2O3/c1-2-17(13-6-4-3-5-7-13)15(19)11-16-8-9-20-14(10-16)12-18/h6,14,18H,2-5,7-12H2,1H3. The van der Waals surface area contributed by atoms with Gasteiger partial charge in [-0.3, -0.25) is 9.69 Å². The van der Waals surface area contributed by atoms with Crippen molar-refractivity contribution in [1.29, 1.82) is 0 Å². The van der Waals surface area contributed by atoms with Gasteiger partial charge in [-0.25, -0.2) is 0 Å². The molecule has 1 saturated heterocycles. The summed E-state index contributed by atoms with van der Waals surface area (Å²) in [6.45, 7) is 5.20. The number of likely N-dealkylation sites (N-methyl/N-ethyl adjacent to an activating group) is 1. The predicted octanol–water partition coefficient (Wildman–Crippen LogP) is 0.986. The summed E-state index contributed by atoms with van der Waals surface area (Å²) in [4.78, 5) is 16.5. The van der Waals surface area contributed by atoms with Crippen LogP contribution in [0, 0.1) is 0 Å². The molecule has 0 aromatic heterocycles. The molecule has 1 aliphatic carbocycles. The zero-order chi connectivity index (χ0) is 14.4. The Hall–Kier alpha value is -0.910. The number of morpholine rings is 1. The van der Waals surface area contributed by atoms with Crippen LogP contribution in [-0.2, 0) is 9.53 Å². The van der Waals surface area contributed by atoms with Gasteiger partial charge in [-0.15, -0.1) is 0 Å². The van der Waals surface area contributed by atoms with Crippen molar-refractivity contribution in [3.63, 3.8) is 0 Å². The van der Waals surface area contributed by atoms with Crippen LogP contribution < -0.4 is 0 Å². The topological polar surface area (TPSA) is 53.0 Å². The molecule has 20 heavy (non-hydrogen) atoms. The van der Waals surface area contributed by atoms with Crippen LogP contribution in [0.2, 0.25) is 0 Å². The van der Waals surface area contributed by atoms with Gasteiger partial charge >= 0.3 is 0 Å². The molecular weight excluding hydrogens is 256 g/mol. The van der Waals surface area contributed by atoms with E-state index in [9.17, 15) is 4.79 Å². The van der Waals surface area contributed by atoms with Crippen molar-refractivity contribution in [3.8, 4) is 0 Å². The second kappa shape index (κ2) is 7.76. The van der Waals surface area contributed by atoms with Gasteiger partial charge in [0.2, 0.25) is 5.91 Å². The van der Waals surface area contributed by atoms with E-state index in [1.807, 2.05) is 11.8 Å². The number of nitrogens with zero attached hydrogens (tertiary/aromatic N) is 2. The second-order valence-corrected chi connectivity index (χ2v) is 5.49. The third kappa shape index (κ3) is 4.04. The number of amides is 1. The van der Waals surface area contributed by atoms with Crippen LogP contribution in [0.15, 0.2) is 11.8 Å². The first-order valence-electron chi connectivity index (χ1n) is 7.68. The first kappa shape index (κ1) is 15.5. The maximum absolute atomic E-state index is 12.5. The molecular formula is C15H26N2O3. The normalized spacial score (nSPS) is 24.3. The lowest BCUT2D eigenvalue weighted by Gasteiger charge is -2.34. The molecule has 1 aliphatic heterocycles. The first-order valence-corrected chi connectivity index (χ1v) is 7.68. The number of aliphatic hydroxyl groups excluding tert-OH is 1. The molecule has 2 aliphatic rings. The van der Waals surface area contributed by atoms with Crippen LogP contribution in [0.4, 0.5) is 0 Å². The van der Waals surface area contributed by atoms with E-state index in [0.717, 1.165) is 25.9 Å². The van der Waals surface area contributed by atoms with Crippen LogP contribution >= 0.6 is 0 Å². The second-order valence-electron chi connectivity index (χ2n) is 5.49. The molecule has 5 heteroatoms. The summed E-state index contributed by atoms with van der Waals surface area (Å²) in [5.74, 6) is 0.166. The van der Waals surface area contributed by atoms with Gasteiger partial charge in [-0.2, -0.15) is 0 Å². The van der Waals surface area contributed by atoms with Gasteiger partial charge in [0.1, 0.15) is 0 Å². The van der Waals surface area contributed by atoms with Gasteiger partial charge in [-0.05, 0) is 32.6 Å². The number of carbonyl (C=O) groups is 1. The van der Waals surface area contributed by atoms with E-state index >= 15 is 0 Å². The molecule has 1 amide bonds. The Labute approximate surface area is 121 Å². The number of hydrogen-bond donors (Lipinski definition) is 1. The molecule has 1 fully saturated rings. The number of aliphatic hydroxyl groups is 1. The van der Waals surface area contributed by atoms with Crippen molar-refractivity contribution in [2.24, 2.45) is 0 Å². The Morgan fingerprint density at radius 3 is 3.05 bits per heavy atom. The summed E-state index contributed by atoms with van der Waals surface area (Å²) in [6, 6.07) is 0. The van der Waals surface area contributed by atoms with E-state index in [1.54, 1.807) is 0 Å². The van der Waals surface area contributed by atoms with Crippen LogP contribution in [0.5, 0.6) is 0 Å². The zero-order valence-corrected chi connectivity index (χ0v) is 12.4. The Kier molecular flexibility index (Phi) is 6.01. The van der Waals surface area contributed by atoms with Crippen molar-refractivity contribution >= 4 is 5.91 Å². The molecule has 0 aromatic carbocycles. The van der Waals surface area contributed by atoms with Crippen molar-refractivity contribution in [3.05, 3.63) is 11.8 Å². The molecule has 0 saturated carbocycles. The van der Waals surface area contributed by atoms with E-state index in [4.69, 9.17) is 9.84 Å². The first-order chi connectivity index (χ1) is 9.74. The maximum atomic E-state index is 12.5. The van der Waals surface area contributed by atoms with Crippen LogP contribution in [-0.4, -0.2) is 66.3 Å². The van der Waals surface area contributed by atoms with Gasteiger partial charge in [0.15, 0.2) is 0 Å². The van der Waals surface area contributed by atoms with Crippen LogP contribution in [0.3, 0.4) is 0 Å². The van der Waals surface area contributed by atoms with Gasteiger partial charge < -0.3 is 14.7 Å². The number of carbonyl (C=O) groups excluding carboxylic acids is 1. The highest BCUT2D eigenvalue weighted by Crippen LogP contribution is 2.21. The minimum absolute atomic E-state index is 0.0212. The number of allylic oxidation sites excluding steroid dienone is 2. The fourth-order valence-electron chi connectivity index (χ4n) is 2.92. The van der Waals surface area contributed by atoms with Crippen molar-refractivity contribution in [2.75, 3.05) is 39.4 Å². The summed E-state index contributed by atoms with van der Waals surface area (Å²) in [7, 11) is 0. The van der Waals surface area contributed by atoms with Gasteiger partial charge in [0.05, 0.1) is 25.9 Å². The average Bonchev–Trinajstić information content (AvgIpc) is 2.49. The molecule has 1 N–H and O–H groups in total. The van der Waals surface area contributed by atoms with E-state index < -0.39 is 0 Å². The smallest absolute Gasteiger partial charge is 0.240 e. The largest absolute Gasteiger partial charge is 0.394 e. The molecule has 1 atom stereocenters. The van der Waals surface area contributed by atoms with Gasteiger partial charge in [0.25, 0.3) is 0 Å². The Morgan fingerprint density at radius 2 is 2.40 bits per heavy atom. The summed E-state index contributed by atoms with van der Waals surface area (Å²) < 4.78 is 5.41. The number of ether oxygens (including phenoxy) is 1. The molecule has 2 rings (SSSR count). The van der Waals surface area contributed by atoms with Crippen LogP contribution in [0.25, 0.3) is 0 Å². The molecule has 0 bridgehead atoms. The third-order valence-corrected chi connectivity index (χ3v) is 4.02. The molecule has 1 heterocycles. The quantitative estimate of drug-likeness (QED) is 0.817. The monoisotopic (exact) mass is 282 g/mol. The summed E-state index contributed by atoms with van der Waals surface area (Å²) in [5, 5.41) is 9.15. The summed E-state index contributed by atoms with van der Waals surface area (Å²) in [5.41, 5.74) is 1.19. The third-order valence-electron chi connectivity index (χ3n) is 4.02. The number of rotatable bonds is 5. The average molecular weight is 282 g/mol. The molecule has 0 radical (unpaired) electrons. The Bertz CT molecular complexity index is 357. The highest BCUT2D eigenvalue weighted by molar-refractivity contribution is 5.80. The van der Waals surface area contributed by atoms with Gasteiger partial charge in [0, 0.05) is 25.3 Å². The zero-order valence-electron chi connectivity index (χ0n) is 12.4. The molecule has 1 unspecified atom stereocenters. The van der Waals surface area contributed by atoms with E-state index in [0.29, 0.717) is 19.7 Å². The molecule has 114 valence electrons. The lowest BCUT2D eigenvalue weighted by atomic mass is 10.0. The highest BCUT2D eigenvalue weighted by Gasteiger charge is 2.24. The van der Waals surface area contributed by atoms with Crippen LogP contribution in [0.1, 0.15) is 32.6 Å². The number of hydrogen-bond acceptors (Lipinski definition) is 4. The minimum Gasteiger partial charge on any atom is -0.394 e. The predicted molar refractivity (Wildman–Crippen MR) is 77.2 cm³/mol. The highest BCUT2D eigenvalue weighted by atomic mass is 16.5.